The van der Waals surface area contributed by atoms with Gasteiger partial charge in [0, 0.05) is 12.1 Å². The Balaban J connectivity index is 2.15. The first-order valence-electron chi connectivity index (χ1n) is 5.01. The highest BCUT2D eigenvalue weighted by molar-refractivity contribution is 4.89. The molecule has 3 unspecified atom stereocenters. The van der Waals surface area contributed by atoms with E-state index in [1.54, 1.807) is 0 Å². The van der Waals surface area contributed by atoms with Gasteiger partial charge in [-0.1, -0.05) is 6.42 Å². The minimum Gasteiger partial charge on any atom is -0.300 e. The van der Waals surface area contributed by atoms with E-state index in [2.05, 4.69) is 18.9 Å². The van der Waals surface area contributed by atoms with Crippen LogP contribution in [-0.4, -0.2) is 24.0 Å². The number of nitrogens with zero attached hydrogens (tertiary/aromatic N) is 1. The Morgan fingerprint density at radius 1 is 1.09 bits per heavy atom. The van der Waals surface area contributed by atoms with Gasteiger partial charge in [0.05, 0.1) is 0 Å². The van der Waals surface area contributed by atoms with Crippen LogP contribution in [0.4, 0.5) is 0 Å². The SMILES string of the molecule is CC1C2CCCC(CC2)N1C. The van der Waals surface area contributed by atoms with Gasteiger partial charge in [0.25, 0.3) is 0 Å². The Bertz CT molecular complexity index is 120. The quantitative estimate of drug-likeness (QED) is 0.516. The lowest BCUT2D eigenvalue weighted by Crippen LogP contribution is -2.44. The van der Waals surface area contributed by atoms with Crippen LogP contribution in [0.2, 0.25) is 0 Å². The van der Waals surface area contributed by atoms with E-state index >= 15 is 0 Å². The fourth-order valence-corrected chi connectivity index (χ4v) is 2.87. The van der Waals surface area contributed by atoms with Gasteiger partial charge in [-0.05, 0) is 45.6 Å². The van der Waals surface area contributed by atoms with E-state index in [9.17, 15) is 0 Å². The maximum absolute atomic E-state index is 2.61. The van der Waals surface area contributed by atoms with Crippen molar-refractivity contribution in [3.8, 4) is 0 Å². The highest BCUT2D eigenvalue weighted by atomic mass is 15.2. The number of hydrogen-bond acceptors (Lipinski definition) is 1. The molecule has 0 aromatic rings. The number of piperidine rings is 1. The van der Waals surface area contributed by atoms with E-state index in [0.717, 1.165) is 18.0 Å². The van der Waals surface area contributed by atoms with Gasteiger partial charge < -0.3 is 4.90 Å². The molecule has 1 heteroatoms. The van der Waals surface area contributed by atoms with Crippen LogP contribution in [-0.2, 0) is 0 Å². The second-order valence-corrected chi connectivity index (χ2v) is 4.33. The molecule has 1 aliphatic carbocycles. The van der Waals surface area contributed by atoms with Crippen LogP contribution >= 0.6 is 0 Å². The first-order valence-corrected chi connectivity index (χ1v) is 5.01. The summed E-state index contributed by atoms with van der Waals surface area (Å²) in [6.45, 7) is 2.40. The number of fused-ring (bicyclic) bond motifs is 4. The summed E-state index contributed by atoms with van der Waals surface area (Å²) in [6.07, 6.45) is 7.38. The average Bonchev–Trinajstić information content (AvgIpc) is 2.30. The largest absolute Gasteiger partial charge is 0.300 e. The summed E-state index contributed by atoms with van der Waals surface area (Å²) in [4.78, 5) is 2.61. The topological polar surface area (TPSA) is 3.24 Å². The molecule has 2 saturated heterocycles. The van der Waals surface area contributed by atoms with Crippen LogP contribution < -0.4 is 0 Å². The van der Waals surface area contributed by atoms with Gasteiger partial charge in [0.2, 0.25) is 0 Å². The third-order valence-electron chi connectivity index (χ3n) is 3.88. The zero-order valence-electron chi connectivity index (χ0n) is 7.71. The zero-order valence-corrected chi connectivity index (χ0v) is 7.71. The zero-order chi connectivity index (χ0) is 7.84. The first-order chi connectivity index (χ1) is 5.29. The number of rotatable bonds is 0. The molecule has 0 radical (unpaired) electrons. The van der Waals surface area contributed by atoms with Gasteiger partial charge in [-0.2, -0.15) is 0 Å². The van der Waals surface area contributed by atoms with Gasteiger partial charge in [0.15, 0.2) is 0 Å². The van der Waals surface area contributed by atoms with Crippen LogP contribution in [0.5, 0.6) is 0 Å². The summed E-state index contributed by atoms with van der Waals surface area (Å²) in [5, 5.41) is 0. The third-order valence-corrected chi connectivity index (χ3v) is 3.88. The molecule has 3 rings (SSSR count). The van der Waals surface area contributed by atoms with Crippen molar-refractivity contribution in [1.29, 1.82) is 0 Å². The van der Waals surface area contributed by atoms with Crippen molar-refractivity contribution >= 4 is 0 Å². The normalized spacial score (nSPS) is 45.8. The first kappa shape index (κ1) is 7.60. The Hall–Kier alpha value is -0.0400. The van der Waals surface area contributed by atoms with E-state index in [1.807, 2.05) is 0 Å². The fourth-order valence-electron chi connectivity index (χ4n) is 2.87. The van der Waals surface area contributed by atoms with Crippen molar-refractivity contribution in [2.75, 3.05) is 7.05 Å². The highest BCUT2D eigenvalue weighted by Gasteiger charge is 2.34. The van der Waals surface area contributed by atoms with Crippen LogP contribution in [0.25, 0.3) is 0 Å². The predicted molar refractivity (Wildman–Crippen MR) is 47.6 cm³/mol. The molecule has 0 aromatic carbocycles. The van der Waals surface area contributed by atoms with Crippen molar-refractivity contribution < 1.29 is 0 Å². The molecule has 3 fully saturated rings. The molecular formula is C10H19N. The van der Waals surface area contributed by atoms with Crippen LogP contribution in [0.1, 0.15) is 39.0 Å². The smallest absolute Gasteiger partial charge is 0.00952 e. The van der Waals surface area contributed by atoms with E-state index in [-0.39, 0.29) is 0 Å². The van der Waals surface area contributed by atoms with E-state index < -0.39 is 0 Å². The molecule has 0 aromatic heterocycles. The summed E-state index contributed by atoms with van der Waals surface area (Å²) in [6, 6.07) is 1.78. The van der Waals surface area contributed by atoms with Crippen molar-refractivity contribution in [1.82, 2.24) is 4.90 Å². The minimum absolute atomic E-state index is 0.858. The Kier molecular flexibility index (Phi) is 1.92. The maximum atomic E-state index is 2.61. The highest BCUT2D eigenvalue weighted by Crippen LogP contribution is 2.36. The molecule has 1 saturated carbocycles. The van der Waals surface area contributed by atoms with Crippen LogP contribution in [0, 0.1) is 5.92 Å². The van der Waals surface area contributed by atoms with Gasteiger partial charge in [-0.3, -0.25) is 0 Å². The summed E-state index contributed by atoms with van der Waals surface area (Å²) < 4.78 is 0. The van der Waals surface area contributed by atoms with Crippen molar-refractivity contribution in [3.63, 3.8) is 0 Å². The molecule has 3 aliphatic rings. The summed E-state index contributed by atoms with van der Waals surface area (Å²) in [5.74, 6) is 1.01. The van der Waals surface area contributed by atoms with Crippen LogP contribution in [0.3, 0.4) is 0 Å². The lowest BCUT2D eigenvalue weighted by molar-refractivity contribution is 0.0930. The molecule has 1 nitrogen and oxygen atoms in total. The predicted octanol–water partition coefficient (Wildman–Crippen LogP) is 2.27. The standard InChI is InChI=1S/C10H19N/c1-8-9-4-3-5-10(7-6-9)11(8)2/h8-10H,3-7H2,1-2H3. The Labute approximate surface area is 69.8 Å². The van der Waals surface area contributed by atoms with Crippen LogP contribution in [0.15, 0.2) is 0 Å². The van der Waals surface area contributed by atoms with Crippen molar-refractivity contribution in [3.05, 3.63) is 0 Å². The lowest BCUT2D eigenvalue weighted by Gasteiger charge is -2.39. The second-order valence-electron chi connectivity index (χ2n) is 4.33. The molecule has 0 amide bonds. The van der Waals surface area contributed by atoms with E-state index in [0.29, 0.717) is 0 Å². The Morgan fingerprint density at radius 3 is 2.73 bits per heavy atom. The summed E-state index contributed by atoms with van der Waals surface area (Å²) in [5.41, 5.74) is 0. The summed E-state index contributed by atoms with van der Waals surface area (Å²) in [7, 11) is 2.31. The Morgan fingerprint density at radius 2 is 1.91 bits per heavy atom. The molecule has 3 atom stereocenters. The van der Waals surface area contributed by atoms with Gasteiger partial charge in [-0.15, -0.1) is 0 Å². The molecule has 11 heavy (non-hydrogen) atoms. The fraction of sp³-hybridized carbons (Fsp3) is 1.00. The summed E-state index contributed by atoms with van der Waals surface area (Å²) >= 11 is 0. The van der Waals surface area contributed by atoms with E-state index in [4.69, 9.17) is 0 Å². The minimum atomic E-state index is 0.858. The molecule has 2 heterocycles. The van der Waals surface area contributed by atoms with Crippen molar-refractivity contribution in [2.24, 2.45) is 5.92 Å². The molecule has 2 aliphatic heterocycles. The van der Waals surface area contributed by atoms with Crippen molar-refractivity contribution in [2.45, 2.75) is 51.1 Å². The molecular weight excluding hydrogens is 134 g/mol. The van der Waals surface area contributed by atoms with Gasteiger partial charge >= 0.3 is 0 Å². The third kappa shape index (κ3) is 1.20. The molecule has 0 spiro atoms. The maximum Gasteiger partial charge on any atom is 0.00952 e. The van der Waals surface area contributed by atoms with E-state index in [1.165, 1.54) is 32.1 Å². The molecule has 2 bridgehead atoms. The average molecular weight is 153 g/mol. The second kappa shape index (κ2) is 2.78. The monoisotopic (exact) mass is 153 g/mol. The van der Waals surface area contributed by atoms with Gasteiger partial charge in [-0.25, -0.2) is 0 Å². The molecule has 0 N–H and O–H groups in total. The molecule has 64 valence electrons. The number of hydrogen-bond donors (Lipinski definition) is 0. The lowest BCUT2D eigenvalue weighted by atomic mass is 9.88. The van der Waals surface area contributed by atoms with Gasteiger partial charge in [0.1, 0.15) is 0 Å².